The number of aromatic hydroxyl groups is 1. The zero-order valence-electron chi connectivity index (χ0n) is 7.01. The fraction of sp³-hybridized carbons (Fsp3) is 0. The second kappa shape index (κ2) is 3.47. The van der Waals surface area contributed by atoms with E-state index in [1.165, 1.54) is 11.3 Å². The molecule has 0 spiro atoms. The second-order valence-corrected chi connectivity index (χ2v) is 4.20. The highest BCUT2D eigenvalue weighted by Crippen LogP contribution is 2.34. The van der Waals surface area contributed by atoms with Gasteiger partial charge in [-0.2, -0.15) is 0 Å². The average molecular weight is 226 g/mol. The van der Waals surface area contributed by atoms with Crippen molar-refractivity contribution in [3.8, 4) is 5.75 Å². The van der Waals surface area contributed by atoms with E-state index in [0.29, 0.717) is 15.7 Å². The van der Waals surface area contributed by atoms with Gasteiger partial charge in [0.25, 0.3) is 0 Å². The number of hydrogen-bond acceptors (Lipinski definition) is 5. The molecule has 0 fully saturated rings. The molecule has 1 aromatic carbocycles. The lowest BCUT2D eigenvalue weighted by molar-refractivity contribution is 0.425. The molecule has 0 aliphatic rings. The van der Waals surface area contributed by atoms with Gasteiger partial charge < -0.3 is 15.2 Å². The lowest BCUT2D eigenvalue weighted by atomic mass is 9.80. The third-order valence-electron chi connectivity index (χ3n) is 2.01. The Morgan fingerprint density at radius 3 is 2.64 bits per heavy atom. The monoisotopic (exact) mass is 226 g/mol. The minimum atomic E-state index is -1.53. The van der Waals surface area contributed by atoms with E-state index in [9.17, 15) is 5.11 Å². The van der Waals surface area contributed by atoms with Crippen molar-refractivity contribution in [3.63, 3.8) is 0 Å². The Kier molecular flexibility index (Phi) is 2.44. The summed E-state index contributed by atoms with van der Waals surface area (Å²) < 4.78 is 0.761. The second-order valence-electron chi connectivity index (χ2n) is 2.87. The molecule has 0 bridgehead atoms. The summed E-state index contributed by atoms with van der Waals surface area (Å²) in [4.78, 5) is 0.503. The van der Waals surface area contributed by atoms with E-state index in [0.717, 1.165) is 4.70 Å². The summed E-state index contributed by atoms with van der Waals surface area (Å²) in [5.41, 5.74) is 0.350. The Balaban J connectivity index is 2.76. The van der Waals surface area contributed by atoms with Crippen LogP contribution in [0.1, 0.15) is 0 Å². The van der Waals surface area contributed by atoms with Crippen LogP contribution in [0.2, 0.25) is 0 Å². The number of hydrogen-bond donors (Lipinski definition) is 4. The van der Waals surface area contributed by atoms with Crippen LogP contribution in [0, 0.1) is 0 Å². The Morgan fingerprint density at radius 1 is 1.29 bits per heavy atom. The summed E-state index contributed by atoms with van der Waals surface area (Å²) in [5, 5.41) is 29.7. The van der Waals surface area contributed by atoms with E-state index < -0.39 is 7.12 Å². The highest BCUT2D eigenvalue weighted by molar-refractivity contribution is 7.81. The van der Waals surface area contributed by atoms with Crippen molar-refractivity contribution in [2.24, 2.45) is 0 Å². The van der Waals surface area contributed by atoms with Gasteiger partial charge in [0.15, 0.2) is 0 Å². The predicted molar refractivity (Wildman–Crippen MR) is 60.6 cm³/mol. The summed E-state index contributed by atoms with van der Waals surface area (Å²) in [6.07, 6.45) is 0. The fourth-order valence-electron chi connectivity index (χ4n) is 1.29. The van der Waals surface area contributed by atoms with E-state index in [2.05, 4.69) is 12.6 Å². The molecule has 0 saturated heterocycles. The molecule has 0 aliphatic heterocycles. The summed E-state index contributed by atoms with van der Waals surface area (Å²) >= 11 is 5.52. The highest BCUT2D eigenvalue weighted by Gasteiger charge is 2.17. The van der Waals surface area contributed by atoms with Gasteiger partial charge in [0.2, 0.25) is 0 Å². The van der Waals surface area contributed by atoms with Crippen molar-refractivity contribution in [1.29, 1.82) is 0 Å². The molecule has 72 valence electrons. The Hall–Kier alpha value is -0.685. The van der Waals surface area contributed by atoms with Gasteiger partial charge in [0.05, 0.1) is 4.70 Å². The van der Waals surface area contributed by atoms with E-state index in [1.54, 1.807) is 17.5 Å². The van der Waals surface area contributed by atoms with Gasteiger partial charge in [-0.15, -0.1) is 24.0 Å². The molecule has 0 aliphatic carbocycles. The summed E-state index contributed by atoms with van der Waals surface area (Å²) in [6.45, 7) is 0. The van der Waals surface area contributed by atoms with Gasteiger partial charge in [-0.3, -0.25) is 0 Å². The molecule has 0 amide bonds. The van der Waals surface area contributed by atoms with Crippen molar-refractivity contribution in [3.05, 3.63) is 17.5 Å². The SMILES string of the molecule is OB(O)c1ccc2c(O)csc2c1S. The quantitative estimate of drug-likeness (QED) is 0.425. The largest absolute Gasteiger partial charge is 0.506 e. The maximum absolute atomic E-state index is 9.42. The zero-order chi connectivity index (χ0) is 10.3. The molecule has 1 aromatic heterocycles. The van der Waals surface area contributed by atoms with Crippen LogP contribution in [0.15, 0.2) is 22.4 Å². The lowest BCUT2D eigenvalue weighted by Crippen LogP contribution is -2.30. The smallest absolute Gasteiger partial charge is 0.489 e. The van der Waals surface area contributed by atoms with E-state index in [1.807, 2.05) is 0 Å². The van der Waals surface area contributed by atoms with Gasteiger partial charge in [0.1, 0.15) is 5.75 Å². The molecular formula is C8H7BO3S2. The van der Waals surface area contributed by atoms with Crippen LogP contribution in [0.5, 0.6) is 5.75 Å². The standard InChI is InChI=1S/C8H7BO3S2/c10-6-3-14-8-4(6)1-2-5(7(8)13)9(11)12/h1-3,10-13H. The molecule has 1 heterocycles. The predicted octanol–water partition coefficient (Wildman–Crippen LogP) is 0.575. The third kappa shape index (κ3) is 1.40. The van der Waals surface area contributed by atoms with Gasteiger partial charge in [-0.25, -0.2) is 0 Å². The molecular weight excluding hydrogens is 219 g/mol. The van der Waals surface area contributed by atoms with E-state index in [4.69, 9.17) is 10.0 Å². The molecule has 0 saturated carbocycles. The molecule has 2 aromatic rings. The van der Waals surface area contributed by atoms with Crippen LogP contribution in [-0.4, -0.2) is 22.3 Å². The molecule has 3 nitrogen and oxygen atoms in total. The van der Waals surface area contributed by atoms with Gasteiger partial charge in [0, 0.05) is 15.7 Å². The topological polar surface area (TPSA) is 60.7 Å². The molecule has 14 heavy (non-hydrogen) atoms. The number of thiophene rings is 1. The van der Waals surface area contributed by atoms with Gasteiger partial charge in [-0.05, 0) is 5.46 Å². The Labute approximate surface area is 90.2 Å². The molecule has 3 N–H and O–H groups in total. The van der Waals surface area contributed by atoms with Crippen LogP contribution in [-0.2, 0) is 0 Å². The first-order valence-corrected chi connectivity index (χ1v) is 5.22. The zero-order valence-corrected chi connectivity index (χ0v) is 8.72. The van der Waals surface area contributed by atoms with Crippen molar-refractivity contribution in [1.82, 2.24) is 0 Å². The average Bonchev–Trinajstić information content (AvgIpc) is 2.49. The number of benzene rings is 1. The van der Waals surface area contributed by atoms with E-state index in [-0.39, 0.29) is 5.75 Å². The summed E-state index contributed by atoms with van der Waals surface area (Å²) in [7, 11) is -1.53. The molecule has 0 atom stereocenters. The van der Waals surface area contributed by atoms with Gasteiger partial charge in [-0.1, -0.05) is 12.1 Å². The molecule has 0 radical (unpaired) electrons. The van der Waals surface area contributed by atoms with Crippen LogP contribution < -0.4 is 5.46 Å². The minimum absolute atomic E-state index is 0.194. The lowest BCUT2D eigenvalue weighted by Gasteiger charge is -2.04. The Bertz CT molecular complexity index is 481. The maximum Gasteiger partial charge on any atom is 0.489 e. The van der Waals surface area contributed by atoms with Crippen LogP contribution in [0.4, 0.5) is 0 Å². The van der Waals surface area contributed by atoms with E-state index >= 15 is 0 Å². The van der Waals surface area contributed by atoms with Crippen LogP contribution >= 0.6 is 24.0 Å². The molecule has 0 unspecified atom stereocenters. The fourth-order valence-corrected chi connectivity index (χ4v) is 2.65. The van der Waals surface area contributed by atoms with Crippen molar-refractivity contribution >= 4 is 46.6 Å². The number of thiol groups is 1. The van der Waals surface area contributed by atoms with Crippen molar-refractivity contribution in [2.45, 2.75) is 4.90 Å². The first-order valence-electron chi connectivity index (χ1n) is 3.89. The minimum Gasteiger partial charge on any atom is -0.506 e. The number of rotatable bonds is 1. The van der Waals surface area contributed by atoms with Gasteiger partial charge >= 0.3 is 7.12 Å². The van der Waals surface area contributed by atoms with Crippen molar-refractivity contribution in [2.75, 3.05) is 0 Å². The molecule has 6 heteroatoms. The summed E-state index contributed by atoms with van der Waals surface area (Å²) in [6, 6.07) is 3.19. The Morgan fingerprint density at radius 2 is 2.00 bits per heavy atom. The van der Waals surface area contributed by atoms with Crippen molar-refractivity contribution < 1.29 is 15.2 Å². The third-order valence-corrected chi connectivity index (χ3v) is 3.64. The van der Waals surface area contributed by atoms with Crippen LogP contribution in [0.3, 0.4) is 0 Å². The first kappa shape index (κ1) is 9.85. The summed E-state index contributed by atoms with van der Waals surface area (Å²) in [5.74, 6) is 0.194. The maximum atomic E-state index is 9.42. The normalized spacial score (nSPS) is 10.8. The first-order chi connectivity index (χ1) is 6.61. The van der Waals surface area contributed by atoms with Crippen LogP contribution in [0.25, 0.3) is 10.1 Å². The highest BCUT2D eigenvalue weighted by atomic mass is 32.1. The molecule has 2 rings (SSSR count). The number of fused-ring (bicyclic) bond motifs is 1.